The molecule has 0 aliphatic carbocycles. The monoisotopic (exact) mass is 230 g/mol. The number of nitrogens with one attached hydrogen (secondary N) is 1. The number of nitrogens with zero attached hydrogens (tertiary/aromatic N) is 3. The second-order valence-corrected chi connectivity index (χ2v) is 3.73. The number of rotatable bonds is 2. The Labute approximate surface area is 99.5 Å². The van der Waals surface area contributed by atoms with Gasteiger partial charge in [-0.3, -0.25) is 9.36 Å². The van der Waals surface area contributed by atoms with Gasteiger partial charge >= 0.3 is 0 Å². The number of carbonyl (C=O) groups excluding carboxylic acids is 1. The van der Waals surface area contributed by atoms with Gasteiger partial charge in [0.15, 0.2) is 0 Å². The maximum absolute atomic E-state index is 11.8. The first-order chi connectivity index (χ1) is 8.15. The molecule has 0 atom stereocenters. The van der Waals surface area contributed by atoms with Gasteiger partial charge in [0.05, 0.1) is 11.3 Å². The first-order valence-corrected chi connectivity index (χ1v) is 5.35. The van der Waals surface area contributed by atoms with Gasteiger partial charge in [-0.1, -0.05) is 12.1 Å². The zero-order valence-electron chi connectivity index (χ0n) is 10.1. The predicted octanol–water partition coefficient (Wildman–Crippen LogP) is 1.24. The largest absolute Gasteiger partial charge is 0.355 e. The lowest BCUT2D eigenvalue weighted by Gasteiger charge is -2.11. The summed E-state index contributed by atoms with van der Waals surface area (Å²) < 4.78 is 1.87. The highest BCUT2D eigenvalue weighted by molar-refractivity contribution is 5.97. The normalized spacial score (nSPS) is 10.3. The molecule has 2 rings (SSSR count). The summed E-state index contributed by atoms with van der Waals surface area (Å²) in [5.74, 6) is 1.41. The highest BCUT2D eigenvalue weighted by Gasteiger charge is 2.14. The summed E-state index contributed by atoms with van der Waals surface area (Å²) in [6.07, 6.45) is 0. The van der Waals surface area contributed by atoms with Crippen LogP contribution in [0.3, 0.4) is 0 Å². The molecule has 2 aromatic rings. The Morgan fingerprint density at radius 3 is 2.35 bits per heavy atom. The smallest absolute Gasteiger partial charge is 0.253 e. The van der Waals surface area contributed by atoms with Crippen molar-refractivity contribution >= 4 is 5.91 Å². The third-order valence-electron chi connectivity index (χ3n) is 2.60. The molecule has 0 fully saturated rings. The van der Waals surface area contributed by atoms with Crippen molar-refractivity contribution in [2.24, 2.45) is 0 Å². The summed E-state index contributed by atoms with van der Waals surface area (Å²) in [5, 5.41) is 10.6. The lowest BCUT2D eigenvalue weighted by Crippen LogP contribution is -2.20. The third-order valence-corrected chi connectivity index (χ3v) is 2.60. The van der Waals surface area contributed by atoms with Gasteiger partial charge in [-0.15, -0.1) is 10.2 Å². The first-order valence-electron chi connectivity index (χ1n) is 5.35. The Bertz CT molecular complexity index is 540. The summed E-state index contributed by atoms with van der Waals surface area (Å²) in [5.41, 5.74) is 1.41. The Morgan fingerprint density at radius 2 is 1.76 bits per heavy atom. The van der Waals surface area contributed by atoms with Crippen LogP contribution < -0.4 is 5.32 Å². The summed E-state index contributed by atoms with van der Waals surface area (Å²) >= 11 is 0. The van der Waals surface area contributed by atoms with E-state index in [1.165, 1.54) is 0 Å². The van der Waals surface area contributed by atoms with Crippen LogP contribution in [0, 0.1) is 13.8 Å². The molecule has 0 spiro atoms. The van der Waals surface area contributed by atoms with Crippen LogP contribution in [0.4, 0.5) is 0 Å². The Kier molecular flexibility index (Phi) is 2.91. The molecule has 0 aliphatic rings. The number of benzene rings is 1. The molecule has 17 heavy (non-hydrogen) atoms. The highest BCUT2D eigenvalue weighted by atomic mass is 16.1. The molecule has 0 saturated carbocycles. The van der Waals surface area contributed by atoms with E-state index in [1.54, 1.807) is 13.1 Å². The van der Waals surface area contributed by atoms with Crippen molar-refractivity contribution in [1.29, 1.82) is 0 Å². The van der Waals surface area contributed by atoms with Gasteiger partial charge in [0.2, 0.25) is 0 Å². The van der Waals surface area contributed by atoms with Gasteiger partial charge in [0, 0.05) is 7.05 Å². The summed E-state index contributed by atoms with van der Waals surface area (Å²) in [4.78, 5) is 11.8. The van der Waals surface area contributed by atoms with Crippen LogP contribution in [0.5, 0.6) is 0 Å². The number of para-hydroxylation sites is 1. The quantitative estimate of drug-likeness (QED) is 0.844. The summed E-state index contributed by atoms with van der Waals surface area (Å²) in [6, 6.07) is 7.39. The molecule has 0 aliphatic heterocycles. The molecular weight excluding hydrogens is 216 g/mol. The molecule has 0 radical (unpaired) electrons. The van der Waals surface area contributed by atoms with Gasteiger partial charge in [0.25, 0.3) is 5.91 Å². The number of aryl methyl sites for hydroxylation is 2. The van der Waals surface area contributed by atoms with Crippen LogP contribution in [0.25, 0.3) is 5.69 Å². The average Bonchev–Trinajstić information content (AvgIpc) is 2.68. The van der Waals surface area contributed by atoms with Crippen LogP contribution >= 0.6 is 0 Å². The van der Waals surface area contributed by atoms with Gasteiger partial charge in [0.1, 0.15) is 11.6 Å². The molecule has 0 saturated heterocycles. The maximum atomic E-state index is 11.8. The molecule has 88 valence electrons. The van der Waals surface area contributed by atoms with Crippen molar-refractivity contribution in [3.05, 3.63) is 41.5 Å². The fourth-order valence-corrected chi connectivity index (χ4v) is 1.81. The molecule has 1 N–H and O–H groups in total. The summed E-state index contributed by atoms with van der Waals surface area (Å²) in [6.45, 7) is 3.72. The van der Waals surface area contributed by atoms with E-state index in [9.17, 15) is 4.79 Å². The van der Waals surface area contributed by atoms with E-state index < -0.39 is 0 Å². The number of amides is 1. The van der Waals surface area contributed by atoms with Gasteiger partial charge in [-0.2, -0.15) is 0 Å². The van der Waals surface area contributed by atoms with Crippen molar-refractivity contribution in [1.82, 2.24) is 20.1 Å². The Morgan fingerprint density at radius 1 is 1.18 bits per heavy atom. The molecule has 1 aromatic heterocycles. The van der Waals surface area contributed by atoms with E-state index in [4.69, 9.17) is 0 Å². The van der Waals surface area contributed by atoms with E-state index in [2.05, 4.69) is 15.5 Å². The lowest BCUT2D eigenvalue weighted by atomic mass is 10.1. The van der Waals surface area contributed by atoms with Crippen molar-refractivity contribution in [2.75, 3.05) is 7.05 Å². The van der Waals surface area contributed by atoms with Crippen LogP contribution in [-0.2, 0) is 0 Å². The van der Waals surface area contributed by atoms with E-state index in [-0.39, 0.29) is 5.91 Å². The van der Waals surface area contributed by atoms with E-state index in [0.717, 1.165) is 17.3 Å². The molecular formula is C12H14N4O. The standard InChI is InChI=1S/C12H14N4O/c1-8-14-15-9(2)16(8)11-7-5-4-6-10(11)12(17)13-3/h4-7H,1-3H3,(H,13,17). The molecule has 1 aromatic carbocycles. The van der Waals surface area contributed by atoms with Crippen molar-refractivity contribution in [2.45, 2.75) is 13.8 Å². The molecule has 1 amide bonds. The van der Waals surface area contributed by atoms with E-state index in [0.29, 0.717) is 5.56 Å². The number of hydrogen-bond donors (Lipinski definition) is 1. The van der Waals surface area contributed by atoms with Crippen LogP contribution in [-0.4, -0.2) is 27.7 Å². The van der Waals surface area contributed by atoms with Crippen molar-refractivity contribution in [3.63, 3.8) is 0 Å². The average molecular weight is 230 g/mol. The predicted molar refractivity (Wildman–Crippen MR) is 64.2 cm³/mol. The second kappa shape index (κ2) is 4.37. The van der Waals surface area contributed by atoms with Crippen LogP contribution in [0.1, 0.15) is 22.0 Å². The first kappa shape index (κ1) is 11.3. The topological polar surface area (TPSA) is 59.8 Å². The van der Waals surface area contributed by atoms with Crippen molar-refractivity contribution < 1.29 is 4.79 Å². The van der Waals surface area contributed by atoms with Crippen LogP contribution in [0.15, 0.2) is 24.3 Å². The van der Waals surface area contributed by atoms with E-state index in [1.807, 2.05) is 36.6 Å². The van der Waals surface area contributed by atoms with Crippen molar-refractivity contribution in [3.8, 4) is 5.69 Å². The minimum atomic E-state index is -0.117. The minimum Gasteiger partial charge on any atom is -0.355 e. The summed E-state index contributed by atoms with van der Waals surface area (Å²) in [7, 11) is 1.62. The van der Waals surface area contributed by atoms with Gasteiger partial charge in [-0.25, -0.2) is 0 Å². The molecule has 0 unspecified atom stereocenters. The minimum absolute atomic E-state index is 0.117. The number of aromatic nitrogens is 3. The van der Waals surface area contributed by atoms with Gasteiger partial charge in [-0.05, 0) is 26.0 Å². The Hall–Kier alpha value is -2.17. The number of carbonyl (C=O) groups is 1. The van der Waals surface area contributed by atoms with Crippen LogP contribution in [0.2, 0.25) is 0 Å². The third kappa shape index (κ3) is 1.91. The SMILES string of the molecule is CNC(=O)c1ccccc1-n1c(C)nnc1C. The zero-order chi connectivity index (χ0) is 12.4. The second-order valence-electron chi connectivity index (χ2n) is 3.73. The molecule has 0 bridgehead atoms. The zero-order valence-corrected chi connectivity index (χ0v) is 10.1. The van der Waals surface area contributed by atoms with Gasteiger partial charge < -0.3 is 5.32 Å². The lowest BCUT2D eigenvalue weighted by molar-refractivity contribution is 0.0963. The fraction of sp³-hybridized carbons (Fsp3) is 0.250. The molecule has 1 heterocycles. The fourth-order valence-electron chi connectivity index (χ4n) is 1.81. The Balaban J connectivity index is 2.64. The van der Waals surface area contributed by atoms with E-state index >= 15 is 0 Å². The maximum Gasteiger partial charge on any atom is 0.253 e. The molecule has 5 nitrogen and oxygen atoms in total. The highest BCUT2D eigenvalue weighted by Crippen LogP contribution is 2.17. The molecule has 5 heteroatoms. The number of hydrogen-bond acceptors (Lipinski definition) is 3.